The molecule has 265 valence electrons. The number of aromatic nitrogens is 2. The van der Waals surface area contributed by atoms with Gasteiger partial charge in [0.05, 0.1) is 0 Å². The third-order valence-electron chi connectivity index (χ3n) is 10.8. The van der Waals surface area contributed by atoms with Crippen molar-refractivity contribution >= 4 is 67.1 Å². The van der Waals surface area contributed by atoms with Crippen LogP contribution in [-0.2, 0) is 24.9 Å². The maximum atomic E-state index is 12.2. The van der Waals surface area contributed by atoms with Gasteiger partial charge in [-0.15, -0.1) is 0 Å². The van der Waals surface area contributed by atoms with Crippen molar-refractivity contribution in [2.45, 2.75) is 91.4 Å². The molecule has 1 N–H and O–H groups in total. The molecule has 6 rings (SSSR count). The minimum Gasteiger partial charge on any atom is 0 e. The Hall–Kier alpha value is -3.32. The maximum absolute atomic E-state index is 12.2. The number of aryl methyl sites for hydroxylation is 1. The molecule has 0 bridgehead atoms. The van der Waals surface area contributed by atoms with Crippen molar-refractivity contribution in [1.29, 1.82) is 0 Å². The predicted molar refractivity (Wildman–Crippen MR) is 209 cm³/mol. The third-order valence-corrected chi connectivity index (χ3v) is 15.1. The predicted octanol–water partition coefficient (Wildman–Crippen LogP) is 11.7. The zero-order valence-corrected chi connectivity index (χ0v) is 35.7. The molecule has 0 saturated carbocycles. The van der Waals surface area contributed by atoms with Crippen LogP contribution >= 0.6 is 0 Å². The molecular formula is C43H51GeIrN2O3-. The number of para-hydroxylation sites is 1. The first-order valence-electron chi connectivity index (χ1n) is 17.7. The zero-order valence-electron chi connectivity index (χ0n) is 31.2. The van der Waals surface area contributed by atoms with Crippen molar-refractivity contribution in [3.8, 4) is 11.3 Å². The monoisotopic (exact) mass is 910 g/mol. The Morgan fingerprint density at radius 3 is 2.14 bits per heavy atom. The molecule has 0 saturated heterocycles. The number of rotatable bonds is 9. The molecule has 6 aromatic rings. The first kappa shape index (κ1) is 39.5. The second kappa shape index (κ2) is 15.5. The number of benzene rings is 4. The van der Waals surface area contributed by atoms with Gasteiger partial charge < -0.3 is 5.11 Å². The van der Waals surface area contributed by atoms with Crippen LogP contribution in [0.2, 0.25) is 17.3 Å². The number of aliphatic hydroxyl groups excluding tert-OH is 1. The first-order valence-corrected chi connectivity index (χ1v) is 25.0. The molecule has 4 aromatic carbocycles. The van der Waals surface area contributed by atoms with E-state index in [1.807, 2.05) is 72.7 Å². The number of aliphatic hydroxyl groups is 1. The quantitative estimate of drug-likeness (QED) is 0.0514. The molecule has 0 atom stereocenters. The van der Waals surface area contributed by atoms with E-state index in [2.05, 4.69) is 65.8 Å². The van der Waals surface area contributed by atoms with E-state index in [4.69, 9.17) is 14.4 Å². The fourth-order valence-corrected chi connectivity index (χ4v) is 9.82. The Balaban J connectivity index is 0.000000269. The molecular weight excluding hydrogens is 857 g/mol. The number of nitrogens with zero attached hydrogens (tertiary/aromatic N) is 2. The molecule has 2 heterocycles. The van der Waals surface area contributed by atoms with E-state index in [0.717, 1.165) is 75.6 Å². The smallest absolute Gasteiger partial charge is 0 e. The molecule has 2 aromatic heterocycles. The summed E-state index contributed by atoms with van der Waals surface area (Å²) in [6.45, 7) is 14.1. The fraction of sp³-hybridized carbons (Fsp3) is 0.372. The Kier molecular flexibility index (Phi) is 12.2. The average molecular weight is 909 g/mol. The minimum atomic E-state index is -2.13. The van der Waals surface area contributed by atoms with Crippen molar-refractivity contribution in [2.75, 3.05) is 0 Å². The van der Waals surface area contributed by atoms with E-state index in [-0.39, 0.29) is 42.5 Å². The summed E-state index contributed by atoms with van der Waals surface area (Å²) in [6, 6.07) is 26.7. The molecule has 50 heavy (non-hydrogen) atoms. The van der Waals surface area contributed by atoms with Crippen LogP contribution in [0.5, 0.6) is 0 Å². The Morgan fingerprint density at radius 2 is 1.50 bits per heavy atom. The van der Waals surface area contributed by atoms with E-state index in [1.165, 1.54) is 21.2 Å². The van der Waals surface area contributed by atoms with Crippen LogP contribution in [0.3, 0.4) is 0 Å². The minimum absolute atomic E-state index is 0. The largest absolute Gasteiger partial charge is 0 e. The van der Waals surface area contributed by atoms with Crippen LogP contribution in [0.1, 0.15) is 73.1 Å². The van der Waals surface area contributed by atoms with Gasteiger partial charge in [0.2, 0.25) is 0 Å². The number of furan rings is 1. The summed E-state index contributed by atoms with van der Waals surface area (Å²) in [5.74, 6) is 8.36. The Bertz CT molecular complexity index is 2190. The number of carbonyl (C=O) groups excluding carboxylic acids is 1. The van der Waals surface area contributed by atoms with Crippen molar-refractivity contribution in [3.63, 3.8) is 0 Å². The van der Waals surface area contributed by atoms with Crippen molar-refractivity contribution < 1.29 is 34.4 Å². The SMILES string of the molecule is CCC(C)(CC)C(=O)/C=C(\O)C(C)(CC)CC.Cc1nc(-c2[c-]ccc3c2oc2ccccc23)c2ccc3ccc[c]([Ge]([CH3])([CH3])[CH3])c3c2n1.[Ir]. The standard InChI is InChI=1S/C28H23GeN2O.C15H28O2.Ir/c1-17-30-26(22-12-8-11-20-19-10-5-6-14-24(19)32-28(20)22)21-16-15-18-9-7-13-23(29(2,3)4)25(18)27(21)31-17;1-7-14(5,8-2)12(16)11-13(17)15(6,9-3)10-4;/h5-11,13-16H,1-4H3;11,16H,7-10H2,1-6H3;/q-1;;/b;12-11-;. The van der Waals surface area contributed by atoms with Crippen LogP contribution in [0, 0.1) is 23.8 Å². The van der Waals surface area contributed by atoms with E-state index in [1.54, 1.807) is 0 Å². The van der Waals surface area contributed by atoms with Crippen LogP contribution in [0.4, 0.5) is 0 Å². The number of fused-ring (bicyclic) bond motifs is 6. The topological polar surface area (TPSA) is 76.2 Å². The van der Waals surface area contributed by atoms with Crippen molar-refractivity contribution in [1.82, 2.24) is 9.97 Å². The molecule has 1 radical (unpaired) electrons. The van der Waals surface area contributed by atoms with Crippen LogP contribution < -0.4 is 4.40 Å². The molecule has 0 amide bonds. The number of allylic oxidation sites excluding steroid dienone is 2. The summed E-state index contributed by atoms with van der Waals surface area (Å²) in [5.41, 5.74) is 3.91. The van der Waals surface area contributed by atoms with Gasteiger partial charge in [0.25, 0.3) is 0 Å². The van der Waals surface area contributed by atoms with Gasteiger partial charge in [0.1, 0.15) is 5.76 Å². The Labute approximate surface area is 313 Å². The van der Waals surface area contributed by atoms with Crippen LogP contribution in [0.15, 0.2) is 83.0 Å². The second-order valence-electron chi connectivity index (χ2n) is 14.9. The number of ketones is 1. The normalized spacial score (nSPS) is 12.6. The molecule has 7 heteroatoms. The molecule has 0 fully saturated rings. The number of hydrogen-bond acceptors (Lipinski definition) is 5. The van der Waals surface area contributed by atoms with Crippen molar-refractivity contribution in [2.24, 2.45) is 10.8 Å². The van der Waals surface area contributed by atoms with E-state index < -0.39 is 13.3 Å². The molecule has 0 aliphatic rings. The van der Waals surface area contributed by atoms with Crippen molar-refractivity contribution in [3.05, 3.63) is 90.5 Å². The summed E-state index contributed by atoms with van der Waals surface area (Å²) < 4.78 is 7.78. The number of hydrogen-bond donors (Lipinski definition) is 1. The van der Waals surface area contributed by atoms with Gasteiger partial charge in [0, 0.05) is 37.0 Å². The number of carbonyl (C=O) groups is 1. The van der Waals surface area contributed by atoms with Gasteiger partial charge in [0.15, 0.2) is 5.78 Å². The summed E-state index contributed by atoms with van der Waals surface area (Å²) in [4.78, 5) is 22.0. The Morgan fingerprint density at radius 1 is 0.840 bits per heavy atom. The van der Waals surface area contributed by atoms with E-state index in [9.17, 15) is 9.90 Å². The third kappa shape index (κ3) is 7.49. The molecule has 0 aliphatic carbocycles. The molecule has 0 spiro atoms. The van der Waals surface area contributed by atoms with Gasteiger partial charge in [-0.3, -0.25) is 4.79 Å². The van der Waals surface area contributed by atoms with Gasteiger partial charge in [-0.2, -0.15) is 0 Å². The van der Waals surface area contributed by atoms with Gasteiger partial charge in [-0.1, -0.05) is 41.5 Å². The van der Waals surface area contributed by atoms with E-state index >= 15 is 0 Å². The summed E-state index contributed by atoms with van der Waals surface area (Å²) in [5, 5.41) is 15.9. The summed E-state index contributed by atoms with van der Waals surface area (Å²) in [6.07, 6.45) is 4.75. The zero-order chi connectivity index (χ0) is 35.7. The van der Waals surface area contributed by atoms with Crippen LogP contribution in [0.25, 0.3) is 54.9 Å². The van der Waals surface area contributed by atoms with Gasteiger partial charge >= 0.3 is 190 Å². The van der Waals surface area contributed by atoms with Gasteiger partial charge in [-0.05, 0) is 25.7 Å². The summed E-state index contributed by atoms with van der Waals surface area (Å²) in [7, 11) is 0. The first-order chi connectivity index (χ1) is 23.2. The average Bonchev–Trinajstić information content (AvgIpc) is 3.49. The molecule has 5 nitrogen and oxygen atoms in total. The summed E-state index contributed by atoms with van der Waals surface area (Å²) >= 11 is -2.13. The van der Waals surface area contributed by atoms with Gasteiger partial charge in [-0.25, -0.2) is 0 Å². The maximum Gasteiger partial charge on any atom is 0 e. The molecule has 0 aliphatic heterocycles. The molecule has 0 unspecified atom stereocenters. The fourth-order valence-electron chi connectivity index (χ4n) is 6.44. The van der Waals surface area contributed by atoms with Crippen LogP contribution in [-0.4, -0.2) is 34.1 Å². The second-order valence-corrected chi connectivity index (χ2v) is 25.4. The van der Waals surface area contributed by atoms with E-state index in [0.29, 0.717) is 0 Å².